The number of ether oxygens (including phenoxy) is 2. The van der Waals surface area contributed by atoms with Gasteiger partial charge in [-0.2, -0.15) is 0 Å². The fourth-order valence-electron chi connectivity index (χ4n) is 3.12. The van der Waals surface area contributed by atoms with Gasteiger partial charge in [-0.25, -0.2) is 0 Å². The molecule has 6 heteroatoms. The lowest BCUT2D eigenvalue weighted by atomic mass is 10.1. The topological polar surface area (TPSA) is 76.7 Å². The number of benzene rings is 2. The zero-order valence-corrected chi connectivity index (χ0v) is 16.9. The minimum atomic E-state index is -0.316. The van der Waals surface area contributed by atoms with Crippen molar-refractivity contribution in [2.45, 2.75) is 32.8 Å². The van der Waals surface area contributed by atoms with Gasteiger partial charge in [-0.1, -0.05) is 38.1 Å². The fourth-order valence-corrected chi connectivity index (χ4v) is 3.12. The Kier molecular flexibility index (Phi) is 7.25. The molecule has 0 spiro atoms. The van der Waals surface area contributed by atoms with Crippen molar-refractivity contribution in [1.82, 2.24) is 5.32 Å². The molecule has 2 aromatic rings. The number of amides is 2. The van der Waals surface area contributed by atoms with Crippen LogP contribution in [0.4, 0.5) is 5.69 Å². The van der Waals surface area contributed by atoms with Gasteiger partial charge in [0.1, 0.15) is 5.75 Å². The van der Waals surface area contributed by atoms with Crippen LogP contribution in [0, 0.1) is 5.92 Å². The van der Waals surface area contributed by atoms with Gasteiger partial charge in [-0.3, -0.25) is 9.59 Å². The van der Waals surface area contributed by atoms with Crippen LogP contribution in [0.5, 0.6) is 5.75 Å². The van der Waals surface area contributed by atoms with Gasteiger partial charge in [0.25, 0.3) is 11.8 Å². The average Bonchev–Trinajstić information content (AvgIpc) is 3.24. The van der Waals surface area contributed by atoms with Gasteiger partial charge >= 0.3 is 0 Å². The number of carbonyl (C=O) groups excluding carboxylic acids is 2. The molecule has 1 aliphatic heterocycles. The van der Waals surface area contributed by atoms with Gasteiger partial charge < -0.3 is 20.1 Å². The van der Waals surface area contributed by atoms with E-state index in [0.29, 0.717) is 41.6 Å². The Morgan fingerprint density at radius 3 is 2.52 bits per heavy atom. The highest BCUT2D eigenvalue weighted by molar-refractivity contribution is 6.10. The summed E-state index contributed by atoms with van der Waals surface area (Å²) in [5.41, 5.74) is 1.31. The van der Waals surface area contributed by atoms with Crippen molar-refractivity contribution in [2.75, 3.05) is 25.1 Å². The zero-order valence-electron chi connectivity index (χ0n) is 16.9. The second kappa shape index (κ2) is 10.1. The molecule has 1 atom stereocenters. The first-order valence-corrected chi connectivity index (χ1v) is 10.1. The summed E-state index contributed by atoms with van der Waals surface area (Å²) < 4.78 is 11.3. The number of carbonyl (C=O) groups is 2. The molecule has 1 unspecified atom stereocenters. The number of hydrogen-bond donors (Lipinski definition) is 2. The Morgan fingerprint density at radius 2 is 1.79 bits per heavy atom. The Bertz CT molecular complexity index is 844. The highest BCUT2D eigenvalue weighted by Crippen LogP contribution is 2.22. The number of hydrogen-bond acceptors (Lipinski definition) is 4. The number of para-hydroxylation sites is 2. The molecule has 6 nitrogen and oxygen atoms in total. The predicted octanol–water partition coefficient (Wildman–Crippen LogP) is 3.88. The van der Waals surface area contributed by atoms with Crippen molar-refractivity contribution in [2.24, 2.45) is 5.92 Å². The molecule has 2 amide bonds. The molecular weight excluding hydrogens is 368 g/mol. The van der Waals surface area contributed by atoms with Crippen molar-refractivity contribution in [3.05, 3.63) is 59.7 Å². The van der Waals surface area contributed by atoms with E-state index in [0.717, 1.165) is 19.4 Å². The van der Waals surface area contributed by atoms with E-state index in [4.69, 9.17) is 9.47 Å². The molecule has 3 rings (SSSR count). The standard InChI is InChI=1S/C23H28N2O4/c1-16(2)15-29-21-12-6-4-10-19(21)23(27)25-20-11-5-3-9-18(20)22(26)24-14-17-8-7-13-28-17/h3-6,9-12,16-17H,7-8,13-15H2,1-2H3,(H,24,26)(H,25,27). The number of nitrogens with one attached hydrogen (secondary N) is 2. The molecule has 1 heterocycles. The summed E-state index contributed by atoms with van der Waals surface area (Å²) >= 11 is 0. The normalized spacial score (nSPS) is 15.9. The quantitative estimate of drug-likeness (QED) is 0.710. The average molecular weight is 396 g/mol. The van der Waals surface area contributed by atoms with E-state index in [1.165, 1.54) is 0 Å². The molecule has 0 aromatic heterocycles. The molecular formula is C23H28N2O4. The van der Waals surface area contributed by atoms with E-state index in [2.05, 4.69) is 10.6 Å². The van der Waals surface area contributed by atoms with E-state index in [-0.39, 0.29) is 17.9 Å². The molecule has 1 aliphatic rings. The highest BCUT2D eigenvalue weighted by atomic mass is 16.5. The molecule has 0 radical (unpaired) electrons. The van der Waals surface area contributed by atoms with E-state index in [1.807, 2.05) is 19.9 Å². The van der Waals surface area contributed by atoms with E-state index >= 15 is 0 Å². The lowest BCUT2D eigenvalue weighted by molar-refractivity contribution is 0.0858. The lowest BCUT2D eigenvalue weighted by Gasteiger charge is -2.15. The van der Waals surface area contributed by atoms with Crippen LogP contribution in [0.1, 0.15) is 47.4 Å². The monoisotopic (exact) mass is 396 g/mol. The molecule has 0 aliphatic carbocycles. The third-order valence-electron chi connectivity index (χ3n) is 4.64. The molecule has 154 valence electrons. The second-order valence-electron chi connectivity index (χ2n) is 7.55. The van der Waals surface area contributed by atoms with Gasteiger partial charge in [0.2, 0.25) is 0 Å². The van der Waals surface area contributed by atoms with Crippen molar-refractivity contribution in [1.29, 1.82) is 0 Å². The first kappa shape index (κ1) is 20.9. The first-order chi connectivity index (χ1) is 14.0. The van der Waals surface area contributed by atoms with Gasteiger partial charge in [0, 0.05) is 13.2 Å². The smallest absolute Gasteiger partial charge is 0.259 e. The molecule has 0 saturated carbocycles. The van der Waals surface area contributed by atoms with Crippen molar-refractivity contribution in [3.8, 4) is 5.75 Å². The molecule has 29 heavy (non-hydrogen) atoms. The maximum Gasteiger partial charge on any atom is 0.259 e. The van der Waals surface area contributed by atoms with Gasteiger partial charge in [0.15, 0.2) is 0 Å². The summed E-state index contributed by atoms with van der Waals surface area (Å²) in [5.74, 6) is 0.322. The zero-order chi connectivity index (χ0) is 20.6. The minimum absolute atomic E-state index is 0.0608. The largest absolute Gasteiger partial charge is 0.492 e. The molecule has 1 fully saturated rings. The summed E-state index contributed by atoms with van der Waals surface area (Å²) in [6, 6.07) is 14.1. The van der Waals surface area contributed by atoms with Crippen molar-refractivity contribution in [3.63, 3.8) is 0 Å². The number of rotatable bonds is 8. The second-order valence-corrected chi connectivity index (χ2v) is 7.55. The fraction of sp³-hybridized carbons (Fsp3) is 0.391. The third kappa shape index (κ3) is 5.81. The molecule has 0 bridgehead atoms. The molecule has 1 saturated heterocycles. The summed E-state index contributed by atoms with van der Waals surface area (Å²) in [4.78, 5) is 25.5. The third-order valence-corrected chi connectivity index (χ3v) is 4.64. The van der Waals surface area contributed by atoms with E-state index in [9.17, 15) is 9.59 Å². The Morgan fingerprint density at radius 1 is 1.07 bits per heavy atom. The SMILES string of the molecule is CC(C)COc1ccccc1C(=O)Nc1ccccc1C(=O)NCC1CCCO1. The van der Waals surface area contributed by atoms with Crippen LogP contribution in [-0.4, -0.2) is 37.7 Å². The van der Waals surface area contributed by atoms with Crippen LogP contribution in [0.15, 0.2) is 48.5 Å². The van der Waals surface area contributed by atoms with Crippen LogP contribution in [0.25, 0.3) is 0 Å². The summed E-state index contributed by atoms with van der Waals surface area (Å²) in [5, 5.41) is 5.75. The molecule has 2 N–H and O–H groups in total. The summed E-state index contributed by atoms with van der Waals surface area (Å²) in [7, 11) is 0. The lowest BCUT2D eigenvalue weighted by Crippen LogP contribution is -2.32. The minimum Gasteiger partial charge on any atom is -0.492 e. The Balaban J connectivity index is 1.70. The van der Waals surface area contributed by atoms with Crippen LogP contribution >= 0.6 is 0 Å². The highest BCUT2D eigenvalue weighted by Gasteiger charge is 2.19. The summed E-state index contributed by atoms with van der Waals surface area (Å²) in [6.45, 7) is 5.83. The first-order valence-electron chi connectivity index (χ1n) is 10.1. The van der Waals surface area contributed by atoms with Crippen LogP contribution in [-0.2, 0) is 4.74 Å². The maximum atomic E-state index is 12.9. The van der Waals surface area contributed by atoms with Gasteiger partial charge in [0.05, 0.1) is 29.5 Å². The van der Waals surface area contributed by atoms with Crippen LogP contribution in [0.3, 0.4) is 0 Å². The van der Waals surface area contributed by atoms with Gasteiger partial charge in [-0.15, -0.1) is 0 Å². The number of anilines is 1. The van der Waals surface area contributed by atoms with Crippen LogP contribution < -0.4 is 15.4 Å². The van der Waals surface area contributed by atoms with Crippen molar-refractivity contribution < 1.29 is 19.1 Å². The Hall–Kier alpha value is -2.86. The van der Waals surface area contributed by atoms with Gasteiger partial charge in [-0.05, 0) is 43.0 Å². The maximum absolute atomic E-state index is 12.9. The summed E-state index contributed by atoms with van der Waals surface area (Å²) in [6.07, 6.45) is 2.03. The Labute approximate surface area is 171 Å². The van der Waals surface area contributed by atoms with Crippen LogP contribution in [0.2, 0.25) is 0 Å². The van der Waals surface area contributed by atoms with E-state index < -0.39 is 0 Å². The molecule has 2 aromatic carbocycles. The van der Waals surface area contributed by atoms with Crippen molar-refractivity contribution >= 4 is 17.5 Å². The van der Waals surface area contributed by atoms with E-state index in [1.54, 1.807) is 42.5 Å². The predicted molar refractivity (Wildman–Crippen MR) is 112 cm³/mol.